The van der Waals surface area contributed by atoms with E-state index in [4.69, 9.17) is 5.73 Å². The van der Waals surface area contributed by atoms with E-state index in [0.29, 0.717) is 33.8 Å². The fourth-order valence-corrected chi connectivity index (χ4v) is 5.78. The molecule has 0 radical (unpaired) electrons. The van der Waals surface area contributed by atoms with E-state index in [0.717, 1.165) is 3.97 Å². The first kappa shape index (κ1) is 24.1. The summed E-state index contributed by atoms with van der Waals surface area (Å²) in [5.41, 5.74) is 14.3. The quantitative estimate of drug-likeness (QED) is 0.140. The van der Waals surface area contributed by atoms with Gasteiger partial charge in [0.2, 0.25) is 5.78 Å². The number of anilines is 3. The van der Waals surface area contributed by atoms with Crippen LogP contribution in [0.3, 0.4) is 0 Å². The number of rotatable bonds is 8. The fraction of sp³-hybridized carbons (Fsp3) is 0.0769. The van der Waals surface area contributed by atoms with E-state index in [1.54, 1.807) is 85.5 Å². The highest BCUT2D eigenvalue weighted by molar-refractivity contribution is 7.90. The summed E-state index contributed by atoms with van der Waals surface area (Å²) in [6.07, 6.45) is 1.42. The summed E-state index contributed by atoms with van der Waals surface area (Å²) < 4.78 is 30.1. The maximum atomic E-state index is 13.9. The van der Waals surface area contributed by atoms with Gasteiger partial charge >= 0.3 is 0 Å². The number of nitrogens with two attached hydrogens (primary N) is 1. The summed E-state index contributed by atoms with van der Waals surface area (Å²) in [6.45, 7) is 0. The molecule has 37 heavy (non-hydrogen) atoms. The highest BCUT2D eigenvalue weighted by atomic mass is 32.2. The Morgan fingerprint density at radius 3 is 2.41 bits per heavy atom. The summed E-state index contributed by atoms with van der Waals surface area (Å²) in [5, 5.41) is 8.09. The molecule has 0 spiro atoms. The van der Waals surface area contributed by atoms with Crippen LogP contribution in [0.4, 0.5) is 17.2 Å². The van der Waals surface area contributed by atoms with Gasteiger partial charge in [0, 0.05) is 19.5 Å². The van der Waals surface area contributed by atoms with Crippen molar-refractivity contribution in [2.45, 2.75) is 4.90 Å². The molecule has 5 rings (SSSR count). The molecule has 0 aliphatic heterocycles. The minimum absolute atomic E-state index is 0.0101. The average molecular weight is 516 g/mol. The number of nitrogens with one attached hydrogen (secondary N) is 3. The molecule has 0 aliphatic carbocycles. The minimum atomic E-state index is -4.07. The fourth-order valence-electron chi connectivity index (χ4n) is 4.25. The lowest BCUT2D eigenvalue weighted by molar-refractivity contribution is 0.103. The van der Waals surface area contributed by atoms with Crippen LogP contribution in [-0.2, 0) is 10.0 Å². The van der Waals surface area contributed by atoms with Gasteiger partial charge in [0.1, 0.15) is 11.5 Å². The van der Waals surface area contributed by atoms with Gasteiger partial charge in [-0.3, -0.25) is 4.79 Å². The number of nitrogens with zero attached hydrogens (tertiary/aromatic N) is 3. The molecule has 0 bridgehead atoms. The van der Waals surface area contributed by atoms with Crippen molar-refractivity contribution < 1.29 is 13.2 Å². The van der Waals surface area contributed by atoms with Gasteiger partial charge in [-0.2, -0.15) is 5.10 Å². The molecule has 0 aliphatic rings. The maximum Gasteiger partial charge on any atom is 0.268 e. The molecule has 0 saturated heterocycles. The number of fused-ring (bicyclic) bond motifs is 1. The first-order valence-corrected chi connectivity index (χ1v) is 12.8. The predicted molar refractivity (Wildman–Crippen MR) is 145 cm³/mol. The average Bonchev–Trinajstić information content (AvgIpc) is 3.52. The van der Waals surface area contributed by atoms with Crippen molar-refractivity contribution >= 4 is 43.9 Å². The van der Waals surface area contributed by atoms with Crippen molar-refractivity contribution in [3.8, 4) is 5.69 Å². The zero-order valence-corrected chi connectivity index (χ0v) is 21.0. The van der Waals surface area contributed by atoms with Gasteiger partial charge in [0.15, 0.2) is 0 Å². The summed E-state index contributed by atoms with van der Waals surface area (Å²) in [4.78, 5) is 14.0. The lowest BCUT2D eigenvalue weighted by Gasteiger charge is -2.13. The second kappa shape index (κ2) is 9.45. The van der Waals surface area contributed by atoms with Crippen LogP contribution in [0, 0.1) is 0 Å². The molecule has 2 aromatic heterocycles. The van der Waals surface area contributed by atoms with Crippen LogP contribution in [-0.4, -0.2) is 42.0 Å². The molecule has 0 atom stereocenters. The molecule has 3 aromatic carbocycles. The number of benzene rings is 3. The molecule has 2 heterocycles. The monoisotopic (exact) mass is 515 g/mol. The highest BCUT2D eigenvalue weighted by Gasteiger charge is 2.29. The van der Waals surface area contributed by atoms with Gasteiger partial charge in [0.25, 0.3) is 10.0 Å². The Morgan fingerprint density at radius 2 is 1.68 bits per heavy atom. The van der Waals surface area contributed by atoms with Crippen molar-refractivity contribution in [3.05, 3.63) is 96.3 Å². The van der Waals surface area contributed by atoms with E-state index >= 15 is 0 Å². The summed E-state index contributed by atoms with van der Waals surface area (Å²) >= 11 is 0. The number of ketones is 1. The molecule has 5 N–H and O–H groups in total. The molecule has 11 heteroatoms. The number of hydrogen-bond acceptors (Lipinski definition) is 8. The molecule has 188 valence electrons. The lowest BCUT2D eigenvalue weighted by atomic mass is 10.1. The number of aromatic nitrogens is 3. The Morgan fingerprint density at radius 1 is 0.946 bits per heavy atom. The van der Waals surface area contributed by atoms with Crippen molar-refractivity contribution in [3.63, 3.8) is 0 Å². The second-order valence-electron chi connectivity index (χ2n) is 8.22. The van der Waals surface area contributed by atoms with Crippen LogP contribution in [0.25, 0.3) is 16.6 Å². The van der Waals surface area contributed by atoms with Crippen LogP contribution >= 0.6 is 0 Å². The van der Waals surface area contributed by atoms with Gasteiger partial charge in [-0.05, 0) is 42.5 Å². The third-order valence-electron chi connectivity index (χ3n) is 5.97. The predicted octanol–water partition coefficient (Wildman–Crippen LogP) is 3.47. The molecular weight excluding hydrogens is 490 g/mol. The SMILES string of the molecule is CNNc1cc(-n2ncc(C(=O)c3cc4ccccc4n3S(=O)(=O)c3ccccc3)c2NC)ccc1N. The first-order chi connectivity index (χ1) is 17.9. The maximum absolute atomic E-state index is 13.9. The molecule has 5 aromatic rings. The Bertz CT molecular complexity index is 1720. The third kappa shape index (κ3) is 4.09. The zero-order chi connectivity index (χ0) is 26.2. The van der Waals surface area contributed by atoms with Crippen molar-refractivity contribution in [1.82, 2.24) is 19.2 Å². The molecule has 0 amide bonds. The molecule has 0 unspecified atom stereocenters. The normalized spacial score (nSPS) is 11.5. The molecule has 10 nitrogen and oxygen atoms in total. The summed E-state index contributed by atoms with van der Waals surface area (Å²) in [7, 11) is -0.677. The van der Waals surface area contributed by atoms with Gasteiger partial charge in [-0.1, -0.05) is 36.4 Å². The third-order valence-corrected chi connectivity index (χ3v) is 7.71. The van der Waals surface area contributed by atoms with E-state index in [2.05, 4.69) is 21.3 Å². The second-order valence-corrected chi connectivity index (χ2v) is 10.0. The van der Waals surface area contributed by atoms with E-state index in [9.17, 15) is 13.2 Å². The Hall–Kier alpha value is -4.61. The van der Waals surface area contributed by atoms with Crippen LogP contribution in [0.1, 0.15) is 16.1 Å². The summed E-state index contributed by atoms with van der Waals surface area (Å²) in [5.74, 6) is -0.0885. The number of carbonyl (C=O) groups is 1. The van der Waals surface area contributed by atoms with E-state index in [-0.39, 0.29) is 16.2 Å². The largest absolute Gasteiger partial charge is 0.397 e. The van der Waals surface area contributed by atoms with Gasteiger partial charge < -0.3 is 16.5 Å². The van der Waals surface area contributed by atoms with Crippen LogP contribution < -0.4 is 21.9 Å². The minimum Gasteiger partial charge on any atom is -0.397 e. The molecule has 0 saturated carbocycles. The Balaban J connectivity index is 1.67. The highest BCUT2D eigenvalue weighted by Crippen LogP contribution is 2.31. The van der Waals surface area contributed by atoms with E-state index in [1.165, 1.54) is 18.3 Å². The number of hydrogen-bond donors (Lipinski definition) is 4. The van der Waals surface area contributed by atoms with E-state index < -0.39 is 15.8 Å². The van der Waals surface area contributed by atoms with Gasteiger partial charge in [0.05, 0.1) is 39.2 Å². The van der Waals surface area contributed by atoms with Crippen molar-refractivity contribution in [1.29, 1.82) is 0 Å². The molecular formula is C26H25N7O3S. The van der Waals surface area contributed by atoms with Crippen LogP contribution in [0.2, 0.25) is 0 Å². The standard InChI is InChI=1S/C26H25N7O3S/c1-28-26-20(16-30-32(26)18-12-13-21(27)22(15-18)31-29-2)25(34)24-14-17-8-6-7-11-23(17)33(24)37(35,36)19-9-4-3-5-10-19/h3-16,28-29,31H,27H2,1-2H3. The smallest absolute Gasteiger partial charge is 0.268 e. The molecule has 0 fully saturated rings. The zero-order valence-electron chi connectivity index (χ0n) is 20.1. The van der Waals surface area contributed by atoms with Crippen LogP contribution in [0.5, 0.6) is 0 Å². The number of nitrogen functional groups attached to an aromatic ring is 1. The first-order valence-electron chi connectivity index (χ1n) is 11.4. The summed E-state index contributed by atoms with van der Waals surface area (Å²) in [6, 6.07) is 21.9. The van der Waals surface area contributed by atoms with Crippen molar-refractivity contribution in [2.24, 2.45) is 0 Å². The van der Waals surface area contributed by atoms with Crippen LogP contribution in [0.15, 0.2) is 90.0 Å². The Kier molecular flexibility index (Phi) is 6.15. The van der Waals surface area contributed by atoms with Gasteiger partial charge in [-0.25, -0.2) is 22.5 Å². The topological polar surface area (TPSA) is 136 Å². The lowest BCUT2D eigenvalue weighted by Crippen LogP contribution is -2.19. The van der Waals surface area contributed by atoms with E-state index in [1.807, 2.05) is 0 Å². The van der Waals surface area contributed by atoms with Crippen molar-refractivity contribution in [2.75, 3.05) is 30.6 Å². The Labute approximate surface area is 213 Å². The van der Waals surface area contributed by atoms with Gasteiger partial charge in [-0.15, -0.1) is 0 Å². The number of para-hydroxylation sites is 1. The number of carbonyl (C=O) groups excluding carboxylic acids is 1. The number of hydrazine groups is 1.